The predicted octanol–water partition coefficient (Wildman–Crippen LogP) is 2.55. The van der Waals surface area contributed by atoms with Gasteiger partial charge in [-0.3, -0.25) is 8.22 Å². The van der Waals surface area contributed by atoms with Crippen molar-refractivity contribution in [2.75, 3.05) is 0 Å². The highest BCUT2D eigenvalue weighted by atomic mass is 28.4. The van der Waals surface area contributed by atoms with Crippen molar-refractivity contribution >= 4 is 8.74 Å². The molecule has 0 aromatic rings. The molecule has 0 rings (SSSR count). The third-order valence-corrected chi connectivity index (χ3v) is 2.49. The summed E-state index contributed by atoms with van der Waals surface area (Å²) in [4.78, 5) is 0. The normalized spacial score (nSPS) is 14.3. The van der Waals surface area contributed by atoms with E-state index >= 15 is 0 Å². The van der Waals surface area contributed by atoms with Gasteiger partial charge in [0.05, 0.1) is 6.07 Å². The van der Waals surface area contributed by atoms with Crippen LogP contribution in [-0.2, 0) is 0 Å². The minimum atomic E-state index is -3.98. The standard InChI is InChI=1S/C6H11F2NSi/c1-3-6(4-9)5-10(2,7)8/h6H,3,5H2,1-2H3. The van der Waals surface area contributed by atoms with Gasteiger partial charge in [-0.15, -0.1) is 0 Å². The average Bonchev–Trinajstić information content (AvgIpc) is 1.81. The molecule has 0 heterocycles. The molecule has 0 fully saturated rings. The van der Waals surface area contributed by atoms with Crippen molar-refractivity contribution in [3.63, 3.8) is 0 Å². The summed E-state index contributed by atoms with van der Waals surface area (Å²) in [7, 11) is -3.98. The summed E-state index contributed by atoms with van der Waals surface area (Å²) >= 11 is 0. The molecule has 0 aromatic heterocycles. The van der Waals surface area contributed by atoms with Crippen LogP contribution < -0.4 is 0 Å². The lowest BCUT2D eigenvalue weighted by atomic mass is 10.1. The van der Waals surface area contributed by atoms with Crippen LogP contribution in [0.3, 0.4) is 0 Å². The quantitative estimate of drug-likeness (QED) is 0.463. The molecule has 0 N–H and O–H groups in total. The number of halogens is 2. The molecular formula is C6H11F2NSi. The molecule has 0 bridgehead atoms. The van der Waals surface area contributed by atoms with Crippen LogP contribution in [0.4, 0.5) is 8.22 Å². The number of nitriles is 1. The Morgan fingerprint density at radius 2 is 2.10 bits per heavy atom. The summed E-state index contributed by atoms with van der Waals surface area (Å²) in [5, 5.41) is 8.33. The number of hydrogen-bond acceptors (Lipinski definition) is 1. The van der Waals surface area contributed by atoms with Crippen LogP contribution in [-0.4, -0.2) is 8.74 Å². The van der Waals surface area contributed by atoms with Gasteiger partial charge in [0.1, 0.15) is 0 Å². The van der Waals surface area contributed by atoms with E-state index in [1.165, 1.54) is 0 Å². The van der Waals surface area contributed by atoms with E-state index in [2.05, 4.69) is 0 Å². The van der Waals surface area contributed by atoms with Gasteiger partial charge in [-0.25, -0.2) is 0 Å². The maximum atomic E-state index is 12.3. The molecule has 1 nitrogen and oxygen atoms in total. The number of hydrogen-bond donors (Lipinski definition) is 0. The van der Waals surface area contributed by atoms with Gasteiger partial charge in [0, 0.05) is 12.0 Å². The minimum Gasteiger partial charge on any atom is -0.271 e. The predicted molar refractivity (Wildman–Crippen MR) is 38.0 cm³/mol. The van der Waals surface area contributed by atoms with Crippen molar-refractivity contribution in [1.29, 1.82) is 5.26 Å². The largest absolute Gasteiger partial charge is 0.423 e. The fourth-order valence-electron chi connectivity index (χ4n) is 0.714. The van der Waals surface area contributed by atoms with Gasteiger partial charge in [0.2, 0.25) is 0 Å². The molecule has 58 valence electrons. The molecule has 0 amide bonds. The SMILES string of the molecule is CCC(C#N)C[Si](C)(F)F. The van der Waals surface area contributed by atoms with E-state index in [0.29, 0.717) is 6.42 Å². The molecule has 0 aliphatic heterocycles. The molecule has 0 radical (unpaired) electrons. The molecule has 1 unspecified atom stereocenters. The van der Waals surface area contributed by atoms with Crippen molar-refractivity contribution in [3.8, 4) is 6.07 Å². The summed E-state index contributed by atoms with van der Waals surface area (Å²) in [5.74, 6) is -0.438. The topological polar surface area (TPSA) is 23.8 Å². The van der Waals surface area contributed by atoms with Crippen molar-refractivity contribution < 1.29 is 8.22 Å². The van der Waals surface area contributed by atoms with E-state index in [-0.39, 0.29) is 6.04 Å². The molecule has 0 aliphatic rings. The first kappa shape index (κ1) is 9.57. The summed E-state index contributed by atoms with van der Waals surface area (Å²) in [6, 6.07) is 1.68. The van der Waals surface area contributed by atoms with Crippen LogP contribution in [0.2, 0.25) is 12.6 Å². The first-order chi connectivity index (χ1) is 4.49. The zero-order valence-corrected chi connectivity index (χ0v) is 7.19. The highest BCUT2D eigenvalue weighted by Crippen LogP contribution is 2.20. The Labute approximate surface area is 61.0 Å². The van der Waals surface area contributed by atoms with Gasteiger partial charge < -0.3 is 0 Å². The van der Waals surface area contributed by atoms with E-state index < -0.39 is 14.7 Å². The Morgan fingerprint density at radius 3 is 2.20 bits per heavy atom. The second kappa shape index (κ2) is 3.67. The molecule has 1 atom stereocenters. The lowest BCUT2D eigenvalue weighted by molar-refractivity contribution is 0.563. The second-order valence-electron chi connectivity index (χ2n) is 2.51. The smallest absolute Gasteiger partial charge is 0.271 e. The molecule has 10 heavy (non-hydrogen) atoms. The van der Waals surface area contributed by atoms with Gasteiger partial charge in [-0.1, -0.05) is 6.92 Å². The van der Waals surface area contributed by atoms with Crippen LogP contribution in [0.1, 0.15) is 13.3 Å². The molecule has 0 saturated carbocycles. The summed E-state index contributed by atoms with van der Waals surface area (Å²) in [6.07, 6.45) is 0.535. The Balaban J connectivity index is 3.78. The summed E-state index contributed by atoms with van der Waals surface area (Å²) in [5.41, 5.74) is 0. The third kappa shape index (κ3) is 4.45. The van der Waals surface area contributed by atoms with Crippen molar-refractivity contribution in [1.82, 2.24) is 0 Å². The second-order valence-corrected chi connectivity index (χ2v) is 5.06. The van der Waals surface area contributed by atoms with Crippen molar-refractivity contribution in [3.05, 3.63) is 0 Å². The molecule has 4 heteroatoms. The van der Waals surface area contributed by atoms with Gasteiger partial charge >= 0.3 is 8.74 Å². The molecule has 0 aromatic carbocycles. The molecule has 0 spiro atoms. The van der Waals surface area contributed by atoms with Gasteiger partial charge in [0.25, 0.3) is 0 Å². The summed E-state index contributed by atoms with van der Waals surface area (Å²) < 4.78 is 24.7. The van der Waals surface area contributed by atoms with E-state index in [1.807, 2.05) is 6.07 Å². The monoisotopic (exact) mass is 163 g/mol. The first-order valence-corrected chi connectivity index (χ1v) is 5.73. The fraction of sp³-hybridized carbons (Fsp3) is 0.833. The lowest BCUT2D eigenvalue weighted by Crippen LogP contribution is -2.20. The van der Waals surface area contributed by atoms with E-state index in [0.717, 1.165) is 6.55 Å². The van der Waals surface area contributed by atoms with E-state index in [9.17, 15) is 8.22 Å². The van der Waals surface area contributed by atoms with E-state index in [1.54, 1.807) is 6.92 Å². The van der Waals surface area contributed by atoms with Crippen LogP contribution in [0.25, 0.3) is 0 Å². The number of rotatable bonds is 3. The summed E-state index contributed by atoms with van der Waals surface area (Å²) in [6.45, 7) is 2.74. The highest BCUT2D eigenvalue weighted by Gasteiger charge is 2.31. The van der Waals surface area contributed by atoms with Crippen LogP contribution >= 0.6 is 0 Å². The average molecular weight is 163 g/mol. The van der Waals surface area contributed by atoms with Gasteiger partial charge in [0.15, 0.2) is 0 Å². The number of nitrogens with zero attached hydrogens (tertiary/aromatic N) is 1. The van der Waals surface area contributed by atoms with E-state index in [4.69, 9.17) is 5.26 Å². The van der Waals surface area contributed by atoms with Crippen LogP contribution in [0, 0.1) is 17.2 Å². The Kier molecular flexibility index (Phi) is 3.51. The zero-order valence-electron chi connectivity index (χ0n) is 6.19. The first-order valence-electron chi connectivity index (χ1n) is 3.27. The molecule has 0 saturated heterocycles. The van der Waals surface area contributed by atoms with Crippen LogP contribution in [0.15, 0.2) is 0 Å². The van der Waals surface area contributed by atoms with Crippen molar-refractivity contribution in [2.24, 2.45) is 5.92 Å². The fourth-order valence-corrected chi connectivity index (χ4v) is 1.96. The zero-order chi connectivity index (χ0) is 8.20. The lowest BCUT2D eigenvalue weighted by Gasteiger charge is -2.08. The van der Waals surface area contributed by atoms with Crippen molar-refractivity contribution in [2.45, 2.75) is 25.9 Å². The Bertz CT molecular complexity index is 136. The maximum absolute atomic E-state index is 12.3. The Hall–Kier alpha value is -0.433. The highest BCUT2D eigenvalue weighted by molar-refractivity contribution is 6.64. The maximum Gasteiger partial charge on any atom is 0.423 e. The minimum absolute atomic E-state index is 0.181. The van der Waals surface area contributed by atoms with Gasteiger partial charge in [-0.2, -0.15) is 5.26 Å². The van der Waals surface area contributed by atoms with Crippen LogP contribution in [0.5, 0.6) is 0 Å². The molecular weight excluding hydrogens is 152 g/mol. The Morgan fingerprint density at radius 1 is 1.60 bits per heavy atom. The third-order valence-electron chi connectivity index (χ3n) is 1.28. The molecule has 0 aliphatic carbocycles. The van der Waals surface area contributed by atoms with Gasteiger partial charge in [-0.05, 0) is 13.0 Å².